The minimum Gasteiger partial charge on any atom is -0.481 e. The van der Waals surface area contributed by atoms with Crippen molar-refractivity contribution < 1.29 is 19.1 Å². The monoisotopic (exact) mass is 254 g/mol. The predicted molar refractivity (Wildman–Crippen MR) is 64.2 cm³/mol. The van der Waals surface area contributed by atoms with Crippen LogP contribution in [-0.2, 0) is 11.2 Å². The molecule has 1 heterocycles. The molecule has 100 valence electrons. The highest BCUT2D eigenvalue weighted by Gasteiger charge is 2.27. The van der Waals surface area contributed by atoms with E-state index in [1.165, 1.54) is 6.39 Å². The zero-order valence-electron chi connectivity index (χ0n) is 10.8. The minimum absolute atomic E-state index is 0.269. The summed E-state index contributed by atoms with van der Waals surface area (Å²) in [4.78, 5) is 26.5. The third-order valence-electron chi connectivity index (χ3n) is 2.79. The van der Waals surface area contributed by atoms with Crippen molar-refractivity contribution in [2.75, 3.05) is 6.54 Å². The van der Waals surface area contributed by atoms with Crippen molar-refractivity contribution in [3.63, 3.8) is 0 Å². The van der Waals surface area contributed by atoms with Gasteiger partial charge in [-0.3, -0.25) is 9.59 Å². The van der Waals surface area contributed by atoms with E-state index in [0.717, 1.165) is 0 Å². The molecule has 1 aromatic rings. The van der Waals surface area contributed by atoms with E-state index in [4.69, 9.17) is 9.52 Å². The first-order valence-corrected chi connectivity index (χ1v) is 5.82. The number of aryl methyl sites for hydroxylation is 1. The van der Waals surface area contributed by atoms with Gasteiger partial charge < -0.3 is 14.8 Å². The van der Waals surface area contributed by atoms with Crippen molar-refractivity contribution in [1.29, 1.82) is 0 Å². The van der Waals surface area contributed by atoms with Gasteiger partial charge in [0.05, 0.1) is 5.41 Å². The van der Waals surface area contributed by atoms with E-state index < -0.39 is 11.4 Å². The number of amides is 1. The van der Waals surface area contributed by atoms with Crippen LogP contribution in [0.3, 0.4) is 0 Å². The van der Waals surface area contributed by atoms with Crippen LogP contribution in [0.4, 0.5) is 0 Å². The second-order valence-corrected chi connectivity index (χ2v) is 4.67. The van der Waals surface area contributed by atoms with Gasteiger partial charge in [-0.05, 0) is 20.3 Å². The van der Waals surface area contributed by atoms with Crippen LogP contribution in [0.2, 0.25) is 0 Å². The largest absolute Gasteiger partial charge is 0.481 e. The van der Waals surface area contributed by atoms with Crippen molar-refractivity contribution in [3.05, 3.63) is 17.8 Å². The van der Waals surface area contributed by atoms with Gasteiger partial charge in [-0.25, -0.2) is 4.98 Å². The lowest BCUT2D eigenvalue weighted by Gasteiger charge is -2.18. The Hall–Kier alpha value is -1.85. The molecule has 0 aliphatic heterocycles. The van der Waals surface area contributed by atoms with Gasteiger partial charge >= 0.3 is 5.97 Å². The predicted octanol–water partition coefficient (Wildman–Crippen LogP) is 1.47. The number of hydrogen-bond acceptors (Lipinski definition) is 4. The summed E-state index contributed by atoms with van der Waals surface area (Å²) in [6.45, 7) is 5.39. The summed E-state index contributed by atoms with van der Waals surface area (Å²) in [5.41, 5.74) is -0.587. The molecule has 0 fully saturated rings. The maximum absolute atomic E-state index is 11.8. The molecular formula is C12H18N2O4. The summed E-state index contributed by atoms with van der Waals surface area (Å²) >= 11 is 0. The van der Waals surface area contributed by atoms with Crippen LogP contribution in [0.15, 0.2) is 10.8 Å². The first-order chi connectivity index (χ1) is 8.38. The zero-order chi connectivity index (χ0) is 13.8. The van der Waals surface area contributed by atoms with Crippen LogP contribution < -0.4 is 5.32 Å². The fraction of sp³-hybridized carbons (Fsp3) is 0.583. The second-order valence-electron chi connectivity index (χ2n) is 4.67. The number of nitrogens with one attached hydrogen (secondary N) is 1. The Bertz CT molecular complexity index is 437. The standard InChI is InChI=1S/C12H18N2O4/c1-4-8-9(14-7-18-8)10(15)13-6-5-12(2,3)11(16)17/h7H,4-6H2,1-3H3,(H,13,15)(H,16,17). The summed E-state index contributed by atoms with van der Waals surface area (Å²) in [5, 5.41) is 11.6. The van der Waals surface area contributed by atoms with Crippen LogP contribution in [0.25, 0.3) is 0 Å². The lowest BCUT2D eigenvalue weighted by atomic mass is 9.90. The fourth-order valence-electron chi connectivity index (χ4n) is 1.39. The van der Waals surface area contributed by atoms with Gasteiger partial charge in [-0.1, -0.05) is 6.92 Å². The van der Waals surface area contributed by atoms with Crippen LogP contribution in [0.5, 0.6) is 0 Å². The van der Waals surface area contributed by atoms with Crippen LogP contribution >= 0.6 is 0 Å². The van der Waals surface area contributed by atoms with Gasteiger partial charge in [0.15, 0.2) is 12.1 Å². The number of hydrogen-bond donors (Lipinski definition) is 2. The molecular weight excluding hydrogens is 236 g/mol. The highest BCUT2D eigenvalue weighted by atomic mass is 16.4. The molecule has 0 unspecified atom stereocenters. The van der Waals surface area contributed by atoms with Crippen LogP contribution in [0, 0.1) is 5.41 Å². The molecule has 1 aromatic heterocycles. The van der Waals surface area contributed by atoms with Crippen molar-refractivity contribution in [1.82, 2.24) is 10.3 Å². The second kappa shape index (κ2) is 5.66. The Labute approximate surface area is 105 Å². The third kappa shape index (κ3) is 3.32. The van der Waals surface area contributed by atoms with E-state index in [1.54, 1.807) is 13.8 Å². The van der Waals surface area contributed by atoms with Crippen LogP contribution in [0.1, 0.15) is 43.4 Å². The molecule has 1 rings (SSSR count). The van der Waals surface area contributed by atoms with Crippen LogP contribution in [-0.4, -0.2) is 28.5 Å². The van der Waals surface area contributed by atoms with E-state index >= 15 is 0 Å². The molecule has 1 amide bonds. The fourth-order valence-corrected chi connectivity index (χ4v) is 1.39. The van der Waals surface area contributed by atoms with Gasteiger partial charge in [0.2, 0.25) is 0 Å². The number of rotatable bonds is 6. The number of oxazole rings is 1. The maximum atomic E-state index is 11.8. The molecule has 0 aromatic carbocycles. The first-order valence-electron chi connectivity index (χ1n) is 5.82. The molecule has 0 saturated heterocycles. The topological polar surface area (TPSA) is 92.4 Å². The normalized spacial score (nSPS) is 11.3. The van der Waals surface area contributed by atoms with E-state index in [9.17, 15) is 9.59 Å². The molecule has 0 radical (unpaired) electrons. The third-order valence-corrected chi connectivity index (χ3v) is 2.79. The average Bonchev–Trinajstić information content (AvgIpc) is 2.76. The molecule has 6 nitrogen and oxygen atoms in total. The quantitative estimate of drug-likeness (QED) is 0.801. The van der Waals surface area contributed by atoms with E-state index in [0.29, 0.717) is 18.6 Å². The summed E-state index contributed by atoms with van der Waals surface area (Å²) in [5.74, 6) is -0.681. The number of aliphatic carboxylic acids is 1. The van der Waals surface area contributed by atoms with Gasteiger partial charge in [0, 0.05) is 13.0 Å². The highest BCUT2D eigenvalue weighted by Crippen LogP contribution is 2.19. The number of carbonyl (C=O) groups excluding carboxylic acids is 1. The smallest absolute Gasteiger partial charge is 0.309 e. The Balaban J connectivity index is 2.50. The molecule has 0 atom stereocenters. The molecule has 6 heteroatoms. The summed E-state index contributed by atoms with van der Waals surface area (Å²) < 4.78 is 5.05. The summed E-state index contributed by atoms with van der Waals surface area (Å²) in [6, 6.07) is 0. The number of carboxylic acid groups (broad SMARTS) is 1. The molecule has 0 saturated carbocycles. The Kier molecular flexibility index (Phi) is 4.47. The maximum Gasteiger partial charge on any atom is 0.309 e. The van der Waals surface area contributed by atoms with Gasteiger partial charge in [-0.2, -0.15) is 0 Å². The Morgan fingerprint density at radius 2 is 2.17 bits per heavy atom. The Morgan fingerprint density at radius 3 is 2.72 bits per heavy atom. The SMILES string of the molecule is CCc1ocnc1C(=O)NCCC(C)(C)C(=O)O. The molecule has 18 heavy (non-hydrogen) atoms. The average molecular weight is 254 g/mol. The zero-order valence-corrected chi connectivity index (χ0v) is 10.8. The van der Waals surface area contributed by atoms with E-state index in [1.807, 2.05) is 6.92 Å². The molecule has 0 spiro atoms. The lowest BCUT2D eigenvalue weighted by Crippen LogP contribution is -2.32. The van der Waals surface area contributed by atoms with Crippen molar-refractivity contribution in [2.45, 2.75) is 33.6 Å². The summed E-state index contributed by atoms with van der Waals surface area (Å²) in [6.07, 6.45) is 2.17. The van der Waals surface area contributed by atoms with E-state index in [2.05, 4.69) is 10.3 Å². The number of aromatic nitrogens is 1. The molecule has 0 aliphatic rings. The number of nitrogens with zero attached hydrogens (tertiary/aromatic N) is 1. The number of carboxylic acids is 1. The van der Waals surface area contributed by atoms with Gasteiger partial charge in [0.25, 0.3) is 5.91 Å². The minimum atomic E-state index is -0.882. The summed E-state index contributed by atoms with van der Waals surface area (Å²) in [7, 11) is 0. The molecule has 0 aliphatic carbocycles. The Morgan fingerprint density at radius 1 is 1.50 bits per heavy atom. The molecule has 0 bridgehead atoms. The lowest BCUT2D eigenvalue weighted by molar-refractivity contribution is -0.147. The number of carbonyl (C=O) groups is 2. The van der Waals surface area contributed by atoms with Crippen molar-refractivity contribution in [2.24, 2.45) is 5.41 Å². The van der Waals surface area contributed by atoms with Crippen molar-refractivity contribution in [3.8, 4) is 0 Å². The first kappa shape index (κ1) is 14.2. The van der Waals surface area contributed by atoms with E-state index in [-0.39, 0.29) is 18.1 Å². The highest BCUT2D eigenvalue weighted by molar-refractivity contribution is 5.93. The van der Waals surface area contributed by atoms with Gasteiger partial charge in [0.1, 0.15) is 5.76 Å². The van der Waals surface area contributed by atoms with Crippen molar-refractivity contribution >= 4 is 11.9 Å². The molecule has 2 N–H and O–H groups in total. The van der Waals surface area contributed by atoms with Gasteiger partial charge in [-0.15, -0.1) is 0 Å².